The van der Waals surface area contributed by atoms with E-state index in [1.165, 1.54) is 13.1 Å². The van der Waals surface area contributed by atoms with Crippen LogP contribution in [0, 0.1) is 10.1 Å². The van der Waals surface area contributed by atoms with E-state index in [2.05, 4.69) is 21.0 Å². The normalized spacial score (nSPS) is 12.4. The van der Waals surface area contributed by atoms with Gasteiger partial charge in [-0.2, -0.15) is 4.68 Å². The van der Waals surface area contributed by atoms with E-state index in [-0.39, 0.29) is 4.47 Å². The summed E-state index contributed by atoms with van der Waals surface area (Å²) in [6, 6.07) is -0.931. The average Bonchev–Trinajstić information content (AvgIpc) is 2.45. The number of hydrogen-bond donors (Lipinski definition) is 1. The minimum atomic E-state index is -1.10. The number of nitro groups is 1. The van der Waals surface area contributed by atoms with E-state index in [1.54, 1.807) is 0 Å². The second kappa shape index (κ2) is 3.74. The van der Waals surface area contributed by atoms with Crippen molar-refractivity contribution in [1.29, 1.82) is 0 Å². The maximum absolute atomic E-state index is 10.5. The van der Waals surface area contributed by atoms with Gasteiger partial charge in [0.05, 0.1) is 11.3 Å². The molecule has 14 heavy (non-hydrogen) atoms. The molecule has 0 saturated carbocycles. The third kappa shape index (κ3) is 1.90. The predicted octanol–water partition coefficient (Wildman–Crippen LogP) is 1.20. The van der Waals surface area contributed by atoms with Gasteiger partial charge in [-0.05, 0) is 27.8 Å². The molecule has 0 radical (unpaired) electrons. The Labute approximate surface area is 86.6 Å². The first-order chi connectivity index (χ1) is 6.43. The average molecular weight is 264 g/mol. The van der Waals surface area contributed by atoms with Crippen LogP contribution in [0.5, 0.6) is 0 Å². The van der Waals surface area contributed by atoms with Crippen LogP contribution in [0.25, 0.3) is 0 Å². The van der Waals surface area contributed by atoms with Crippen molar-refractivity contribution >= 4 is 27.7 Å². The lowest BCUT2D eigenvalue weighted by Gasteiger charge is -1.99. The van der Waals surface area contributed by atoms with Gasteiger partial charge in [0.25, 0.3) is 0 Å². The Morgan fingerprint density at radius 1 is 1.86 bits per heavy atom. The molecule has 0 unspecified atom stereocenters. The van der Waals surface area contributed by atoms with Gasteiger partial charge in [-0.25, -0.2) is 4.79 Å². The third-order valence-electron chi connectivity index (χ3n) is 1.60. The molecule has 1 N–H and O–H groups in total. The quantitative estimate of drug-likeness (QED) is 0.653. The molecule has 0 fully saturated rings. The minimum Gasteiger partial charge on any atom is -0.480 e. The summed E-state index contributed by atoms with van der Waals surface area (Å²) in [6.07, 6.45) is 1.26. The van der Waals surface area contributed by atoms with Crippen molar-refractivity contribution in [2.45, 2.75) is 13.0 Å². The number of halogens is 1. The van der Waals surface area contributed by atoms with Crippen LogP contribution >= 0.6 is 15.9 Å². The SMILES string of the molecule is C[C@@H](C(=O)O)n1cc(Br)c([N+](=O)[O-])n1. The van der Waals surface area contributed by atoms with Gasteiger partial charge in [-0.3, -0.25) is 0 Å². The van der Waals surface area contributed by atoms with Gasteiger partial charge in [0.2, 0.25) is 0 Å². The fraction of sp³-hybridized carbons (Fsp3) is 0.333. The van der Waals surface area contributed by atoms with Crippen LogP contribution in [0.4, 0.5) is 5.82 Å². The fourth-order valence-electron chi connectivity index (χ4n) is 0.795. The molecule has 8 heteroatoms. The zero-order chi connectivity index (χ0) is 10.9. The van der Waals surface area contributed by atoms with E-state index in [9.17, 15) is 14.9 Å². The summed E-state index contributed by atoms with van der Waals surface area (Å²) in [5, 5.41) is 22.5. The number of carboxylic acid groups (broad SMARTS) is 1. The second-order valence-electron chi connectivity index (χ2n) is 2.55. The highest BCUT2D eigenvalue weighted by Gasteiger charge is 2.24. The van der Waals surface area contributed by atoms with Crippen LogP contribution in [0.3, 0.4) is 0 Å². The number of rotatable bonds is 3. The zero-order valence-corrected chi connectivity index (χ0v) is 8.63. The summed E-state index contributed by atoms with van der Waals surface area (Å²) in [5.74, 6) is -1.49. The van der Waals surface area contributed by atoms with E-state index in [1.807, 2.05) is 0 Å². The molecule has 0 aliphatic carbocycles. The van der Waals surface area contributed by atoms with Crippen LogP contribution in [-0.4, -0.2) is 25.8 Å². The Morgan fingerprint density at radius 2 is 2.43 bits per heavy atom. The Balaban J connectivity index is 3.08. The van der Waals surface area contributed by atoms with Gasteiger partial charge in [-0.1, -0.05) is 0 Å². The molecule has 1 aromatic heterocycles. The lowest BCUT2D eigenvalue weighted by molar-refractivity contribution is -0.390. The summed E-state index contributed by atoms with van der Waals surface area (Å²) in [6.45, 7) is 1.38. The number of carbonyl (C=O) groups is 1. The molecule has 0 aliphatic heterocycles. The van der Waals surface area contributed by atoms with Gasteiger partial charge in [0.15, 0.2) is 6.04 Å². The molecule has 0 spiro atoms. The minimum absolute atomic E-state index is 0.163. The van der Waals surface area contributed by atoms with E-state index >= 15 is 0 Å². The number of aromatic nitrogens is 2. The van der Waals surface area contributed by atoms with Gasteiger partial charge >= 0.3 is 11.8 Å². The monoisotopic (exact) mass is 263 g/mol. The summed E-state index contributed by atoms with van der Waals surface area (Å²) in [4.78, 5) is 20.2. The molecule has 0 aliphatic rings. The predicted molar refractivity (Wildman–Crippen MR) is 48.9 cm³/mol. The van der Waals surface area contributed by atoms with E-state index in [4.69, 9.17) is 5.11 Å². The summed E-state index contributed by atoms with van der Waals surface area (Å²) in [5.41, 5.74) is 0. The van der Waals surface area contributed by atoms with Crippen LogP contribution in [0.15, 0.2) is 10.7 Å². The number of carboxylic acids is 1. The lowest BCUT2D eigenvalue weighted by atomic mass is 10.4. The van der Waals surface area contributed by atoms with E-state index in [0.717, 1.165) is 4.68 Å². The first kappa shape index (κ1) is 10.6. The topological polar surface area (TPSA) is 98.3 Å². The molecule has 1 aromatic rings. The standard InChI is InChI=1S/C6H6BrN3O4/c1-3(6(11)12)9-2-4(7)5(8-9)10(13)14/h2-3H,1H3,(H,11,12)/t3-/m0/s1. The van der Waals surface area contributed by atoms with Crippen molar-refractivity contribution in [3.63, 3.8) is 0 Å². The van der Waals surface area contributed by atoms with Gasteiger partial charge in [0, 0.05) is 0 Å². The lowest BCUT2D eigenvalue weighted by Crippen LogP contribution is -2.16. The molecule has 7 nitrogen and oxygen atoms in total. The highest BCUT2D eigenvalue weighted by Crippen LogP contribution is 2.23. The largest absolute Gasteiger partial charge is 0.480 e. The Morgan fingerprint density at radius 3 is 2.79 bits per heavy atom. The molecule has 1 heterocycles. The van der Waals surface area contributed by atoms with E-state index < -0.39 is 22.8 Å². The van der Waals surface area contributed by atoms with Crippen molar-refractivity contribution in [2.24, 2.45) is 0 Å². The highest BCUT2D eigenvalue weighted by molar-refractivity contribution is 9.10. The van der Waals surface area contributed by atoms with Crippen LogP contribution < -0.4 is 0 Å². The zero-order valence-electron chi connectivity index (χ0n) is 7.05. The first-order valence-corrected chi connectivity index (χ1v) is 4.34. The Bertz CT molecular complexity index is 388. The molecule has 0 bridgehead atoms. The first-order valence-electron chi connectivity index (χ1n) is 3.55. The molecular weight excluding hydrogens is 258 g/mol. The molecule has 1 atom stereocenters. The Kier molecular flexibility index (Phi) is 2.84. The van der Waals surface area contributed by atoms with Crippen molar-refractivity contribution in [3.8, 4) is 0 Å². The number of nitrogens with zero attached hydrogens (tertiary/aromatic N) is 3. The summed E-state index contributed by atoms with van der Waals surface area (Å²) >= 11 is 2.92. The van der Waals surface area contributed by atoms with Crippen molar-refractivity contribution in [1.82, 2.24) is 9.78 Å². The van der Waals surface area contributed by atoms with Crippen molar-refractivity contribution < 1.29 is 14.8 Å². The van der Waals surface area contributed by atoms with Gasteiger partial charge in [-0.15, -0.1) is 0 Å². The molecule has 0 amide bonds. The maximum Gasteiger partial charge on any atom is 0.404 e. The number of aliphatic carboxylic acids is 1. The van der Waals surface area contributed by atoms with Crippen molar-refractivity contribution in [3.05, 3.63) is 20.8 Å². The summed E-state index contributed by atoms with van der Waals surface area (Å²) < 4.78 is 1.18. The van der Waals surface area contributed by atoms with Crippen LogP contribution in [-0.2, 0) is 4.79 Å². The van der Waals surface area contributed by atoms with Crippen molar-refractivity contribution in [2.75, 3.05) is 0 Å². The van der Waals surface area contributed by atoms with Gasteiger partial charge < -0.3 is 15.2 Å². The third-order valence-corrected chi connectivity index (χ3v) is 2.16. The van der Waals surface area contributed by atoms with Crippen LogP contribution in [0.2, 0.25) is 0 Å². The fourth-order valence-corrected chi connectivity index (χ4v) is 1.23. The number of hydrogen-bond acceptors (Lipinski definition) is 4. The molecule has 1 rings (SSSR count). The van der Waals surface area contributed by atoms with E-state index in [0.29, 0.717) is 0 Å². The summed E-state index contributed by atoms with van der Waals surface area (Å²) in [7, 11) is 0. The molecular formula is C6H6BrN3O4. The van der Waals surface area contributed by atoms with Gasteiger partial charge in [0.1, 0.15) is 4.47 Å². The Hall–Kier alpha value is -1.44. The molecule has 76 valence electrons. The highest BCUT2D eigenvalue weighted by atomic mass is 79.9. The van der Waals surface area contributed by atoms with Crippen LogP contribution in [0.1, 0.15) is 13.0 Å². The second-order valence-corrected chi connectivity index (χ2v) is 3.41. The smallest absolute Gasteiger partial charge is 0.404 e. The maximum atomic E-state index is 10.5. The molecule has 0 saturated heterocycles. The molecule has 0 aromatic carbocycles.